The van der Waals surface area contributed by atoms with Gasteiger partial charge >= 0.3 is 0 Å². The van der Waals surface area contributed by atoms with Crippen molar-refractivity contribution in [1.29, 1.82) is 0 Å². The van der Waals surface area contributed by atoms with Gasteiger partial charge in [-0.05, 0) is 44.1 Å². The normalized spacial score (nSPS) is 27.6. The molecular weight excluding hydrogens is 256 g/mol. The van der Waals surface area contributed by atoms with Crippen LogP contribution in [0.5, 0.6) is 0 Å². The van der Waals surface area contributed by atoms with Crippen molar-refractivity contribution in [3.63, 3.8) is 0 Å². The molecule has 0 unspecified atom stereocenters. The predicted molar refractivity (Wildman–Crippen MR) is 74.5 cm³/mol. The lowest BCUT2D eigenvalue weighted by atomic mass is 9.95. The molecule has 0 heterocycles. The predicted octanol–water partition coefficient (Wildman–Crippen LogP) is 2.82. The van der Waals surface area contributed by atoms with Crippen molar-refractivity contribution in [1.82, 2.24) is 5.32 Å². The van der Waals surface area contributed by atoms with E-state index in [4.69, 9.17) is 0 Å². The van der Waals surface area contributed by atoms with Gasteiger partial charge in [-0.25, -0.2) is 0 Å². The number of rotatable bonds is 3. The molecule has 1 aromatic rings. The van der Waals surface area contributed by atoms with Crippen molar-refractivity contribution < 1.29 is 9.72 Å². The van der Waals surface area contributed by atoms with Crippen LogP contribution in [0.3, 0.4) is 0 Å². The van der Waals surface area contributed by atoms with Gasteiger partial charge < -0.3 is 5.32 Å². The molecule has 3 rings (SSSR count). The van der Waals surface area contributed by atoms with Crippen LogP contribution in [0, 0.1) is 28.9 Å². The van der Waals surface area contributed by atoms with Crippen LogP contribution in [0.4, 0.5) is 5.69 Å². The molecule has 20 heavy (non-hydrogen) atoms. The Morgan fingerprint density at radius 1 is 1.35 bits per heavy atom. The zero-order chi connectivity index (χ0) is 14.3. The summed E-state index contributed by atoms with van der Waals surface area (Å²) in [6.45, 7) is 1.63. The van der Waals surface area contributed by atoms with Crippen LogP contribution < -0.4 is 5.32 Å². The number of hydrogen-bond donors (Lipinski definition) is 1. The fourth-order valence-corrected chi connectivity index (χ4v) is 3.73. The Balaban J connectivity index is 1.77. The van der Waals surface area contributed by atoms with E-state index < -0.39 is 4.92 Å². The molecule has 1 amide bonds. The van der Waals surface area contributed by atoms with Gasteiger partial charge in [-0.3, -0.25) is 14.9 Å². The van der Waals surface area contributed by atoms with E-state index in [1.54, 1.807) is 19.1 Å². The Morgan fingerprint density at radius 3 is 2.75 bits per heavy atom. The van der Waals surface area contributed by atoms with Crippen molar-refractivity contribution in [3.05, 3.63) is 39.4 Å². The monoisotopic (exact) mass is 274 g/mol. The number of hydrogen-bond acceptors (Lipinski definition) is 3. The van der Waals surface area contributed by atoms with E-state index in [9.17, 15) is 14.9 Å². The van der Waals surface area contributed by atoms with Gasteiger partial charge in [0.1, 0.15) is 0 Å². The molecule has 2 fully saturated rings. The minimum absolute atomic E-state index is 0.00518. The molecule has 2 saturated carbocycles. The molecule has 3 atom stereocenters. The third-order valence-electron chi connectivity index (χ3n) is 4.80. The van der Waals surface area contributed by atoms with E-state index in [0.717, 1.165) is 12.3 Å². The second-order valence-corrected chi connectivity index (χ2v) is 5.96. The van der Waals surface area contributed by atoms with Gasteiger partial charge in [0.2, 0.25) is 0 Å². The first-order valence-corrected chi connectivity index (χ1v) is 7.11. The first kappa shape index (κ1) is 13.1. The highest BCUT2D eigenvalue weighted by molar-refractivity contribution is 5.96. The number of nitro benzene ring substituents is 1. The zero-order valence-electron chi connectivity index (χ0n) is 11.5. The molecule has 106 valence electrons. The molecular formula is C15H18N2O3. The third-order valence-corrected chi connectivity index (χ3v) is 4.80. The fraction of sp³-hybridized carbons (Fsp3) is 0.533. The van der Waals surface area contributed by atoms with Crippen LogP contribution >= 0.6 is 0 Å². The Kier molecular flexibility index (Phi) is 3.20. The minimum Gasteiger partial charge on any atom is -0.349 e. The summed E-state index contributed by atoms with van der Waals surface area (Å²) in [5, 5.41) is 14.0. The molecule has 1 aromatic carbocycles. The van der Waals surface area contributed by atoms with Crippen LogP contribution in [0.15, 0.2) is 18.2 Å². The highest BCUT2D eigenvalue weighted by atomic mass is 16.6. The van der Waals surface area contributed by atoms with Crippen molar-refractivity contribution in [3.8, 4) is 0 Å². The second-order valence-electron chi connectivity index (χ2n) is 5.96. The second kappa shape index (κ2) is 4.89. The molecule has 5 heteroatoms. The van der Waals surface area contributed by atoms with E-state index in [1.807, 2.05) is 0 Å². The number of carbonyl (C=O) groups excluding carboxylic acids is 1. The average Bonchev–Trinajstić information content (AvgIpc) is 3.00. The highest BCUT2D eigenvalue weighted by Gasteiger charge is 2.40. The highest BCUT2D eigenvalue weighted by Crippen LogP contribution is 2.44. The standard InChI is InChI=1S/C15H18N2O3/c1-9-12(3-2-4-14(9)17(19)20)15(18)16-13-8-10-5-6-11(13)7-10/h2-4,10-11,13H,5-8H2,1H3,(H,16,18)/t10-,11+,13+/m0/s1. The first-order valence-electron chi connectivity index (χ1n) is 7.11. The van der Waals surface area contributed by atoms with E-state index in [-0.39, 0.29) is 17.6 Å². The van der Waals surface area contributed by atoms with Crippen LogP contribution in [-0.2, 0) is 0 Å². The lowest BCUT2D eigenvalue weighted by Crippen LogP contribution is -2.38. The minimum atomic E-state index is -0.441. The fourth-order valence-electron chi connectivity index (χ4n) is 3.73. The molecule has 2 aliphatic rings. The van der Waals surface area contributed by atoms with E-state index in [2.05, 4.69) is 5.32 Å². The molecule has 2 bridgehead atoms. The maximum atomic E-state index is 12.3. The molecule has 0 saturated heterocycles. The molecule has 1 N–H and O–H groups in total. The number of benzene rings is 1. The smallest absolute Gasteiger partial charge is 0.273 e. The summed E-state index contributed by atoms with van der Waals surface area (Å²) in [5.41, 5.74) is 0.866. The lowest BCUT2D eigenvalue weighted by Gasteiger charge is -2.23. The maximum Gasteiger partial charge on any atom is 0.273 e. The van der Waals surface area contributed by atoms with Crippen molar-refractivity contribution in [2.24, 2.45) is 11.8 Å². The lowest BCUT2D eigenvalue weighted by molar-refractivity contribution is -0.385. The largest absolute Gasteiger partial charge is 0.349 e. The Hall–Kier alpha value is -1.91. The molecule has 2 aliphatic carbocycles. The van der Waals surface area contributed by atoms with Crippen LogP contribution in [-0.4, -0.2) is 16.9 Å². The summed E-state index contributed by atoms with van der Waals surface area (Å²) >= 11 is 0. The SMILES string of the molecule is Cc1c(C(=O)N[C@@H]2C[C@H]3CC[C@@H]2C3)cccc1[N+](=O)[O-]. The van der Waals surface area contributed by atoms with E-state index >= 15 is 0 Å². The molecule has 0 radical (unpaired) electrons. The zero-order valence-corrected chi connectivity index (χ0v) is 11.5. The van der Waals surface area contributed by atoms with Crippen LogP contribution in [0.2, 0.25) is 0 Å². The van der Waals surface area contributed by atoms with E-state index in [0.29, 0.717) is 17.0 Å². The summed E-state index contributed by atoms with van der Waals surface area (Å²) in [6, 6.07) is 4.91. The summed E-state index contributed by atoms with van der Waals surface area (Å²) in [7, 11) is 0. The number of nitrogens with one attached hydrogen (secondary N) is 1. The van der Waals surface area contributed by atoms with Gasteiger partial charge in [-0.2, -0.15) is 0 Å². The van der Waals surface area contributed by atoms with Gasteiger partial charge in [0.05, 0.1) is 4.92 Å². The topological polar surface area (TPSA) is 72.2 Å². The van der Waals surface area contributed by atoms with Gasteiger partial charge in [0, 0.05) is 23.2 Å². The van der Waals surface area contributed by atoms with Gasteiger partial charge in [-0.1, -0.05) is 12.5 Å². The van der Waals surface area contributed by atoms with Crippen molar-refractivity contribution in [2.75, 3.05) is 0 Å². The molecule has 5 nitrogen and oxygen atoms in total. The van der Waals surface area contributed by atoms with Crippen molar-refractivity contribution in [2.45, 2.75) is 38.6 Å². The summed E-state index contributed by atoms with van der Waals surface area (Å²) in [6.07, 6.45) is 4.76. The third kappa shape index (κ3) is 2.17. The number of nitro groups is 1. The maximum absolute atomic E-state index is 12.3. The van der Waals surface area contributed by atoms with Crippen LogP contribution in [0.25, 0.3) is 0 Å². The molecule has 0 spiro atoms. The Bertz CT molecular complexity index is 570. The number of nitrogens with zero attached hydrogens (tertiary/aromatic N) is 1. The van der Waals surface area contributed by atoms with Crippen LogP contribution in [0.1, 0.15) is 41.6 Å². The first-order chi connectivity index (χ1) is 9.56. The van der Waals surface area contributed by atoms with Gasteiger partial charge in [0.15, 0.2) is 0 Å². The summed E-state index contributed by atoms with van der Waals surface area (Å²) in [5.74, 6) is 1.18. The number of amides is 1. The van der Waals surface area contributed by atoms with Gasteiger partial charge in [-0.15, -0.1) is 0 Å². The number of carbonyl (C=O) groups is 1. The Labute approximate surface area is 117 Å². The quantitative estimate of drug-likeness (QED) is 0.680. The van der Waals surface area contributed by atoms with Gasteiger partial charge in [0.25, 0.3) is 11.6 Å². The average molecular weight is 274 g/mol. The van der Waals surface area contributed by atoms with Crippen molar-refractivity contribution >= 4 is 11.6 Å². The molecule has 0 aromatic heterocycles. The summed E-state index contributed by atoms with van der Waals surface area (Å²) < 4.78 is 0. The number of fused-ring (bicyclic) bond motifs is 2. The molecule has 0 aliphatic heterocycles. The Morgan fingerprint density at radius 2 is 2.15 bits per heavy atom. The van der Waals surface area contributed by atoms with E-state index in [1.165, 1.54) is 25.3 Å². The summed E-state index contributed by atoms with van der Waals surface area (Å²) in [4.78, 5) is 22.8.